The van der Waals surface area contributed by atoms with E-state index in [0.717, 1.165) is 13.8 Å². The summed E-state index contributed by atoms with van der Waals surface area (Å²) in [6.07, 6.45) is -4.34. The van der Waals surface area contributed by atoms with Gasteiger partial charge in [0.2, 0.25) is 5.91 Å². The fraction of sp³-hybridized carbons (Fsp3) is 0.800. The normalized spacial score (nSPS) is 14.5. The lowest BCUT2D eigenvalue weighted by atomic mass is 10.3. The van der Waals surface area contributed by atoms with Gasteiger partial charge in [-0.15, -0.1) is 0 Å². The number of hydrogen-bond acceptors (Lipinski definition) is 1. The Kier molecular flexibility index (Phi) is 2.68. The summed E-state index contributed by atoms with van der Waals surface area (Å²) in [5, 5.41) is 1.72. The van der Waals surface area contributed by atoms with Gasteiger partial charge in [-0.3, -0.25) is 4.79 Å². The van der Waals surface area contributed by atoms with Crippen molar-refractivity contribution in [3.05, 3.63) is 0 Å². The first-order valence-electron chi connectivity index (χ1n) is 2.68. The monoisotopic (exact) mass is 157 g/mol. The second-order valence-corrected chi connectivity index (χ2v) is 1.96. The van der Waals surface area contributed by atoms with Gasteiger partial charge in [0.25, 0.3) is 0 Å². The summed E-state index contributed by atoms with van der Waals surface area (Å²) < 4.78 is 34.8. The average Bonchev–Trinajstić information content (AvgIpc) is 1.60. The van der Waals surface area contributed by atoms with Crippen LogP contribution in [0, 0.1) is 0 Å². The third-order valence-corrected chi connectivity index (χ3v) is 0.911. The van der Waals surface area contributed by atoms with Gasteiger partial charge in [0, 0.05) is 8.35 Å². The highest BCUT2D eigenvalue weighted by Crippen LogP contribution is 2.19. The van der Waals surface area contributed by atoms with Crippen molar-refractivity contribution in [3.8, 4) is 0 Å². The highest BCUT2D eigenvalue weighted by atomic mass is 19.4. The Bertz CT molecular complexity index is 136. The van der Waals surface area contributed by atoms with Crippen molar-refractivity contribution in [1.82, 2.24) is 5.32 Å². The number of carbonyl (C=O) groups is 1. The highest BCUT2D eigenvalue weighted by molar-refractivity contribution is 5.73. The van der Waals surface area contributed by atoms with Crippen LogP contribution in [0.1, 0.15) is 15.3 Å². The quantitative estimate of drug-likeness (QED) is 0.611. The molecule has 0 aromatic heterocycles. The fourth-order valence-corrected chi connectivity index (χ4v) is 0.387. The molecule has 10 heavy (non-hydrogen) atoms. The molecular formula is C5H10F3NO. The molecule has 1 atom stereocenters. The second kappa shape index (κ2) is 2.90. The van der Waals surface area contributed by atoms with Gasteiger partial charge in [-0.25, -0.2) is 0 Å². The summed E-state index contributed by atoms with van der Waals surface area (Å²) in [6, 6.07) is -1.76. The number of hydrogen-bond donors (Lipinski definition) is 1. The predicted octanol–water partition coefficient (Wildman–Crippen LogP) is 1.32. The summed E-state index contributed by atoms with van der Waals surface area (Å²) in [5.41, 5.74) is 0. The van der Waals surface area contributed by atoms with Crippen molar-refractivity contribution in [2.45, 2.75) is 26.1 Å². The maximum absolute atomic E-state index is 11.6. The van der Waals surface area contributed by atoms with E-state index in [1.54, 1.807) is 5.32 Å². The van der Waals surface area contributed by atoms with Crippen LogP contribution in [-0.2, 0) is 4.79 Å². The summed E-state index contributed by atoms with van der Waals surface area (Å²) in [5.74, 6) is -0.676. The van der Waals surface area contributed by atoms with Crippen LogP contribution in [0.25, 0.3) is 0 Å². The van der Waals surface area contributed by atoms with Crippen LogP contribution in [0.3, 0.4) is 0 Å². The molecule has 1 amide bonds. The summed E-state index contributed by atoms with van der Waals surface area (Å²) in [6.45, 7) is 1.93. The van der Waals surface area contributed by atoms with E-state index in [0.29, 0.717) is 0 Å². The first kappa shape index (κ1) is 9.26. The molecule has 0 aromatic rings. The number of rotatable bonds is 1. The van der Waals surface area contributed by atoms with E-state index < -0.39 is 18.1 Å². The largest absolute Gasteiger partial charge is 0.408 e. The standard InChI is InChI=1S/C5H8F3NO.H2/c1-3(5(6,7)8)9-4(2)10;/h3H,1-2H3,(H,9,10);1H/t3-;/m1./s1. The molecule has 0 aromatic carbocycles. The zero-order chi connectivity index (χ0) is 8.36. The van der Waals surface area contributed by atoms with Gasteiger partial charge in [0.05, 0.1) is 0 Å². The van der Waals surface area contributed by atoms with Crippen molar-refractivity contribution >= 4 is 5.91 Å². The van der Waals surface area contributed by atoms with Gasteiger partial charge >= 0.3 is 6.18 Å². The van der Waals surface area contributed by atoms with E-state index in [-0.39, 0.29) is 1.43 Å². The predicted molar refractivity (Wildman–Crippen MR) is 31.4 cm³/mol. The average molecular weight is 157 g/mol. The van der Waals surface area contributed by atoms with Gasteiger partial charge in [-0.1, -0.05) is 0 Å². The number of amides is 1. The Balaban J connectivity index is 0. The van der Waals surface area contributed by atoms with Crippen LogP contribution in [-0.4, -0.2) is 18.1 Å². The molecule has 0 bridgehead atoms. The summed E-state index contributed by atoms with van der Waals surface area (Å²) >= 11 is 0. The van der Waals surface area contributed by atoms with Crippen LogP contribution in [0.4, 0.5) is 13.2 Å². The van der Waals surface area contributed by atoms with Crippen LogP contribution >= 0.6 is 0 Å². The van der Waals surface area contributed by atoms with Gasteiger partial charge in [0.15, 0.2) is 0 Å². The van der Waals surface area contributed by atoms with E-state index in [2.05, 4.69) is 0 Å². The smallest absolute Gasteiger partial charge is 0.345 e. The number of alkyl halides is 3. The number of carbonyl (C=O) groups excluding carboxylic acids is 1. The maximum Gasteiger partial charge on any atom is 0.408 e. The molecule has 0 spiro atoms. The van der Waals surface area contributed by atoms with Crippen molar-refractivity contribution in [2.75, 3.05) is 0 Å². The minimum atomic E-state index is -4.34. The minimum absolute atomic E-state index is 0. The van der Waals surface area contributed by atoms with Crippen molar-refractivity contribution in [3.63, 3.8) is 0 Å². The van der Waals surface area contributed by atoms with E-state index in [9.17, 15) is 18.0 Å². The lowest BCUT2D eigenvalue weighted by Gasteiger charge is -2.15. The molecule has 2 nitrogen and oxygen atoms in total. The molecule has 0 aliphatic heterocycles. The van der Waals surface area contributed by atoms with E-state index in [4.69, 9.17) is 0 Å². The zero-order valence-electron chi connectivity index (χ0n) is 5.62. The molecule has 0 rings (SSSR count). The van der Waals surface area contributed by atoms with E-state index >= 15 is 0 Å². The molecule has 0 fully saturated rings. The van der Waals surface area contributed by atoms with Crippen molar-refractivity contribution < 1.29 is 19.4 Å². The van der Waals surface area contributed by atoms with E-state index in [1.807, 2.05) is 0 Å². The third-order valence-electron chi connectivity index (χ3n) is 0.911. The molecular weight excluding hydrogens is 147 g/mol. The van der Waals surface area contributed by atoms with Crippen molar-refractivity contribution in [2.24, 2.45) is 0 Å². The molecule has 0 aliphatic carbocycles. The number of nitrogens with one attached hydrogen (secondary N) is 1. The Hall–Kier alpha value is -0.740. The lowest BCUT2D eigenvalue weighted by Crippen LogP contribution is -2.41. The SMILES string of the molecule is CC(=O)N[C@H](C)C(F)(F)F.[HH]. The first-order chi connectivity index (χ1) is 4.34. The molecule has 1 N–H and O–H groups in total. The zero-order valence-corrected chi connectivity index (χ0v) is 5.62. The van der Waals surface area contributed by atoms with Gasteiger partial charge in [-0.05, 0) is 6.92 Å². The molecule has 0 heterocycles. The van der Waals surface area contributed by atoms with Gasteiger partial charge < -0.3 is 5.32 Å². The van der Waals surface area contributed by atoms with Crippen LogP contribution in [0.2, 0.25) is 0 Å². The summed E-state index contributed by atoms with van der Waals surface area (Å²) in [4.78, 5) is 10.1. The minimum Gasteiger partial charge on any atom is -0.345 e. The molecule has 0 radical (unpaired) electrons. The molecule has 0 saturated carbocycles. The Morgan fingerprint density at radius 2 is 2.00 bits per heavy atom. The van der Waals surface area contributed by atoms with Crippen LogP contribution in [0.15, 0.2) is 0 Å². The molecule has 0 saturated heterocycles. The third kappa shape index (κ3) is 3.32. The molecule has 0 aliphatic rings. The Labute approximate surface area is 57.9 Å². The molecule has 5 heteroatoms. The number of halogens is 3. The second-order valence-electron chi connectivity index (χ2n) is 1.96. The summed E-state index contributed by atoms with van der Waals surface area (Å²) in [7, 11) is 0. The highest BCUT2D eigenvalue weighted by Gasteiger charge is 2.36. The van der Waals surface area contributed by atoms with Crippen LogP contribution in [0.5, 0.6) is 0 Å². The topological polar surface area (TPSA) is 29.1 Å². The molecule has 62 valence electrons. The maximum atomic E-state index is 11.6. The van der Waals surface area contributed by atoms with Gasteiger partial charge in [0.1, 0.15) is 6.04 Å². The van der Waals surface area contributed by atoms with Crippen molar-refractivity contribution in [1.29, 1.82) is 0 Å². The van der Waals surface area contributed by atoms with E-state index in [1.165, 1.54) is 0 Å². The lowest BCUT2D eigenvalue weighted by molar-refractivity contribution is -0.157. The van der Waals surface area contributed by atoms with Crippen LogP contribution < -0.4 is 5.32 Å². The molecule has 0 unspecified atom stereocenters. The Morgan fingerprint density at radius 1 is 1.60 bits per heavy atom. The first-order valence-corrected chi connectivity index (χ1v) is 2.68. The fourth-order valence-electron chi connectivity index (χ4n) is 0.387. The van der Waals surface area contributed by atoms with Gasteiger partial charge in [-0.2, -0.15) is 13.2 Å². The Morgan fingerprint density at radius 3 is 2.10 bits per heavy atom.